The molecule has 0 spiro atoms. The number of ether oxygens (including phenoxy) is 1. The van der Waals surface area contributed by atoms with Gasteiger partial charge < -0.3 is 15.0 Å². The van der Waals surface area contributed by atoms with Crippen molar-refractivity contribution >= 4 is 0 Å². The molecule has 0 aliphatic carbocycles. The van der Waals surface area contributed by atoms with Crippen molar-refractivity contribution < 1.29 is 4.74 Å². The van der Waals surface area contributed by atoms with Crippen LogP contribution in [0.15, 0.2) is 0 Å². The van der Waals surface area contributed by atoms with Crippen molar-refractivity contribution in [2.75, 3.05) is 39.4 Å². The highest BCUT2D eigenvalue weighted by Gasteiger charge is 2.37. The number of nitrogens with zero attached hydrogens (tertiary/aromatic N) is 1. The zero-order valence-corrected chi connectivity index (χ0v) is 13.7. The van der Waals surface area contributed by atoms with E-state index in [9.17, 15) is 0 Å². The highest BCUT2D eigenvalue weighted by atomic mass is 16.5. The molecule has 0 aromatic rings. The standard InChI is InChI=1S/C16H34N2O/c1-6-9-18(10-7-2)13-16(8-11-19-14-16)12-17-15(3,4)5/h17H,6-14H2,1-5H3. The van der Waals surface area contributed by atoms with Crippen LogP contribution in [-0.2, 0) is 4.74 Å². The van der Waals surface area contributed by atoms with Crippen molar-refractivity contribution in [2.24, 2.45) is 5.41 Å². The fourth-order valence-electron chi connectivity index (χ4n) is 2.80. The van der Waals surface area contributed by atoms with Gasteiger partial charge in [-0.15, -0.1) is 0 Å². The first-order valence-electron chi connectivity index (χ1n) is 7.96. The molecule has 0 amide bonds. The SMILES string of the molecule is CCCN(CCC)CC1(CNC(C)(C)C)CCOC1. The first-order valence-corrected chi connectivity index (χ1v) is 7.96. The van der Waals surface area contributed by atoms with E-state index in [1.54, 1.807) is 0 Å². The minimum absolute atomic E-state index is 0.190. The first kappa shape index (κ1) is 16.9. The number of rotatable bonds is 8. The van der Waals surface area contributed by atoms with Gasteiger partial charge in [-0.1, -0.05) is 13.8 Å². The van der Waals surface area contributed by atoms with Gasteiger partial charge in [0, 0.05) is 30.7 Å². The van der Waals surface area contributed by atoms with Crippen molar-refractivity contribution in [3.63, 3.8) is 0 Å². The lowest BCUT2D eigenvalue weighted by molar-refractivity contribution is 0.102. The number of nitrogens with one attached hydrogen (secondary N) is 1. The van der Waals surface area contributed by atoms with E-state index in [0.717, 1.165) is 19.8 Å². The van der Waals surface area contributed by atoms with Crippen LogP contribution in [0.1, 0.15) is 53.9 Å². The fraction of sp³-hybridized carbons (Fsp3) is 1.00. The summed E-state index contributed by atoms with van der Waals surface area (Å²) in [5, 5.41) is 3.69. The predicted molar refractivity (Wildman–Crippen MR) is 82.6 cm³/mol. The molecule has 19 heavy (non-hydrogen) atoms. The topological polar surface area (TPSA) is 24.5 Å². The molecule has 3 nitrogen and oxygen atoms in total. The lowest BCUT2D eigenvalue weighted by Crippen LogP contribution is -2.49. The Balaban J connectivity index is 2.59. The van der Waals surface area contributed by atoms with Crippen molar-refractivity contribution in [1.29, 1.82) is 0 Å². The molecule has 1 rings (SSSR count). The lowest BCUT2D eigenvalue weighted by Gasteiger charge is -2.36. The molecule has 1 saturated heterocycles. The van der Waals surface area contributed by atoms with Crippen LogP contribution in [0.25, 0.3) is 0 Å². The van der Waals surface area contributed by atoms with E-state index < -0.39 is 0 Å². The Bertz CT molecular complexity index is 236. The molecular formula is C16H34N2O. The van der Waals surface area contributed by atoms with Gasteiger partial charge in [-0.05, 0) is 53.1 Å². The van der Waals surface area contributed by atoms with Crippen molar-refractivity contribution in [3.8, 4) is 0 Å². The molecule has 1 unspecified atom stereocenters. The third kappa shape index (κ3) is 6.24. The summed E-state index contributed by atoms with van der Waals surface area (Å²) in [5.74, 6) is 0. The van der Waals surface area contributed by atoms with Crippen LogP contribution in [0.4, 0.5) is 0 Å². The van der Waals surface area contributed by atoms with Crippen LogP contribution in [0.5, 0.6) is 0 Å². The molecule has 1 heterocycles. The summed E-state index contributed by atoms with van der Waals surface area (Å²) in [7, 11) is 0. The molecule has 1 aliphatic rings. The van der Waals surface area contributed by atoms with E-state index in [4.69, 9.17) is 4.74 Å². The monoisotopic (exact) mass is 270 g/mol. The van der Waals surface area contributed by atoms with Gasteiger partial charge in [-0.2, -0.15) is 0 Å². The van der Waals surface area contributed by atoms with E-state index >= 15 is 0 Å². The van der Waals surface area contributed by atoms with Crippen LogP contribution in [-0.4, -0.2) is 49.8 Å². The van der Waals surface area contributed by atoms with Gasteiger partial charge in [0.05, 0.1) is 6.61 Å². The van der Waals surface area contributed by atoms with Crippen LogP contribution >= 0.6 is 0 Å². The van der Waals surface area contributed by atoms with Crippen molar-refractivity contribution in [3.05, 3.63) is 0 Å². The summed E-state index contributed by atoms with van der Waals surface area (Å²) in [4.78, 5) is 2.62. The number of hydrogen-bond donors (Lipinski definition) is 1. The first-order chi connectivity index (χ1) is 8.91. The third-order valence-corrected chi connectivity index (χ3v) is 3.82. The molecule has 114 valence electrons. The largest absolute Gasteiger partial charge is 0.381 e. The molecule has 3 heteroatoms. The highest BCUT2D eigenvalue weighted by molar-refractivity contribution is 4.90. The van der Waals surface area contributed by atoms with Crippen molar-refractivity contribution in [1.82, 2.24) is 10.2 Å². The Hall–Kier alpha value is -0.120. The summed E-state index contributed by atoms with van der Waals surface area (Å²) < 4.78 is 5.72. The lowest BCUT2D eigenvalue weighted by atomic mass is 9.85. The van der Waals surface area contributed by atoms with Gasteiger partial charge in [0.15, 0.2) is 0 Å². The second kappa shape index (κ2) is 7.61. The molecule has 1 N–H and O–H groups in total. The smallest absolute Gasteiger partial charge is 0.0547 e. The molecule has 1 aliphatic heterocycles. The van der Waals surface area contributed by atoms with Crippen LogP contribution < -0.4 is 5.32 Å². The minimum Gasteiger partial charge on any atom is -0.381 e. The maximum atomic E-state index is 5.72. The van der Waals surface area contributed by atoms with Gasteiger partial charge in [0.25, 0.3) is 0 Å². The second-order valence-corrected chi connectivity index (χ2v) is 7.18. The van der Waals surface area contributed by atoms with E-state index in [0.29, 0.717) is 5.41 Å². The van der Waals surface area contributed by atoms with Gasteiger partial charge >= 0.3 is 0 Å². The van der Waals surface area contributed by atoms with Gasteiger partial charge in [0.2, 0.25) is 0 Å². The molecule has 1 fully saturated rings. The number of hydrogen-bond acceptors (Lipinski definition) is 3. The van der Waals surface area contributed by atoms with Crippen LogP contribution in [0.3, 0.4) is 0 Å². The Morgan fingerprint density at radius 3 is 2.21 bits per heavy atom. The Labute approximate surface area is 120 Å². The van der Waals surface area contributed by atoms with Crippen LogP contribution in [0.2, 0.25) is 0 Å². The molecule has 0 aromatic carbocycles. The quantitative estimate of drug-likeness (QED) is 0.734. The van der Waals surface area contributed by atoms with E-state index in [2.05, 4.69) is 44.8 Å². The summed E-state index contributed by atoms with van der Waals surface area (Å²) in [6, 6.07) is 0. The summed E-state index contributed by atoms with van der Waals surface area (Å²) in [5.41, 5.74) is 0.507. The van der Waals surface area contributed by atoms with Gasteiger partial charge in [0.1, 0.15) is 0 Å². The summed E-state index contributed by atoms with van der Waals surface area (Å²) >= 11 is 0. The average molecular weight is 270 g/mol. The maximum absolute atomic E-state index is 5.72. The normalized spacial score (nSPS) is 24.3. The predicted octanol–water partition coefficient (Wildman–Crippen LogP) is 2.90. The van der Waals surface area contributed by atoms with E-state index in [-0.39, 0.29) is 5.54 Å². The molecular weight excluding hydrogens is 236 g/mol. The second-order valence-electron chi connectivity index (χ2n) is 7.18. The van der Waals surface area contributed by atoms with Gasteiger partial charge in [-0.3, -0.25) is 0 Å². The molecule has 0 bridgehead atoms. The zero-order chi connectivity index (χ0) is 14.4. The Morgan fingerprint density at radius 1 is 1.16 bits per heavy atom. The molecule has 0 saturated carbocycles. The molecule has 0 aromatic heterocycles. The zero-order valence-electron chi connectivity index (χ0n) is 13.7. The maximum Gasteiger partial charge on any atom is 0.0547 e. The average Bonchev–Trinajstić information content (AvgIpc) is 2.76. The third-order valence-electron chi connectivity index (χ3n) is 3.82. The van der Waals surface area contributed by atoms with E-state index in [1.807, 2.05) is 0 Å². The summed E-state index contributed by atoms with van der Waals surface area (Å²) in [6.45, 7) is 17.8. The fourth-order valence-corrected chi connectivity index (χ4v) is 2.80. The molecule has 1 atom stereocenters. The van der Waals surface area contributed by atoms with Crippen molar-refractivity contribution in [2.45, 2.75) is 59.4 Å². The minimum atomic E-state index is 0.190. The van der Waals surface area contributed by atoms with Crippen LogP contribution in [0, 0.1) is 5.41 Å². The van der Waals surface area contributed by atoms with Gasteiger partial charge in [-0.25, -0.2) is 0 Å². The highest BCUT2D eigenvalue weighted by Crippen LogP contribution is 2.30. The van der Waals surface area contributed by atoms with E-state index in [1.165, 1.54) is 38.9 Å². The summed E-state index contributed by atoms with van der Waals surface area (Å²) in [6.07, 6.45) is 3.67. The Morgan fingerprint density at radius 2 is 1.79 bits per heavy atom. The Kier molecular flexibility index (Phi) is 6.78. The molecule has 0 radical (unpaired) electrons.